The van der Waals surface area contributed by atoms with Crippen LogP contribution in [-0.2, 0) is 11.2 Å². The number of rotatable bonds is 5. The van der Waals surface area contributed by atoms with Crippen molar-refractivity contribution >= 4 is 48.7 Å². The lowest BCUT2D eigenvalue weighted by atomic mass is 9.97. The molecule has 0 radical (unpaired) electrons. The van der Waals surface area contributed by atoms with Gasteiger partial charge in [0.15, 0.2) is 5.75 Å². The van der Waals surface area contributed by atoms with E-state index >= 15 is 0 Å². The number of halogens is 2. The molecule has 0 spiro atoms. The van der Waals surface area contributed by atoms with Crippen LogP contribution in [-0.4, -0.2) is 16.1 Å². The predicted octanol–water partition coefficient (Wildman–Crippen LogP) is 6.77. The second kappa shape index (κ2) is 7.68. The van der Waals surface area contributed by atoms with Gasteiger partial charge in [-0.1, -0.05) is 12.8 Å². The molecule has 0 atom stereocenters. The molecule has 1 aliphatic rings. The SMILES string of the molecule is O=C(O)Cc1cc(Br)c(Oc2ccc3[nH]cc(C4CCCC4)c3c2)c(Br)c1. The molecule has 2 N–H and O–H groups in total. The summed E-state index contributed by atoms with van der Waals surface area (Å²) in [7, 11) is 0. The molecule has 140 valence electrons. The van der Waals surface area contributed by atoms with Gasteiger partial charge < -0.3 is 14.8 Å². The molecule has 4 nitrogen and oxygen atoms in total. The van der Waals surface area contributed by atoms with Crippen LogP contribution in [0.5, 0.6) is 11.5 Å². The number of aliphatic carboxylic acids is 1. The van der Waals surface area contributed by atoms with Crippen LogP contribution < -0.4 is 4.74 Å². The second-order valence-electron chi connectivity index (χ2n) is 6.99. The predicted molar refractivity (Wildman–Crippen MR) is 113 cm³/mol. The van der Waals surface area contributed by atoms with E-state index in [0.717, 1.165) is 20.2 Å². The van der Waals surface area contributed by atoms with Crippen molar-refractivity contribution < 1.29 is 14.6 Å². The highest BCUT2D eigenvalue weighted by Crippen LogP contribution is 2.41. The van der Waals surface area contributed by atoms with E-state index in [-0.39, 0.29) is 6.42 Å². The molecule has 27 heavy (non-hydrogen) atoms. The number of aromatic amines is 1. The van der Waals surface area contributed by atoms with Gasteiger partial charge >= 0.3 is 5.97 Å². The maximum atomic E-state index is 10.9. The first kappa shape index (κ1) is 18.6. The first-order valence-electron chi connectivity index (χ1n) is 9.00. The van der Waals surface area contributed by atoms with Crippen molar-refractivity contribution in [1.29, 1.82) is 0 Å². The summed E-state index contributed by atoms with van der Waals surface area (Å²) in [5, 5.41) is 10.2. The van der Waals surface area contributed by atoms with E-state index in [2.05, 4.69) is 49.1 Å². The lowest BCUT2D eigenvalue weighted by molar-refractivity contribution is -0.136. The van der Waals surface area contributed by atoms with Crippen LogP contribution in [0.15, 0.2) is 45.5 Å². The summed E-state index contributed by atoms with van der Waals surface area (Å²) in [6.45, 7) is 0. The van der Waals surface area contributed by atoms with E-state index in [4.69, 9.17) is 9.84 Å². The number of carbonyl (C=O) groups is 1. The molecule has 4 rings (SSSR count). The first-order chi connectivity index (χ1) is 13.0. The van der Waals surface area contributed by atoms with Gasteiger partial charge in [0, 0.05) is 17.1 Å². The third-order valence-electron chi connectivity index (χ3n) is 5.11. The van der Waals surface area contributed by atoms with E-state index in [1.54, 1.807) is 12.1 Å². The highest BCUT2D eigenvalue weighted by Gasteiger charge is 2.20. The quantitative estimate of drug-likeness (QED) is 0.413. The Kier molecular flexibility index (Phi) is 5.28. The van der Waals surface area contributed by atoms with E-state index in [1.165, 1.54) is 36.6 Å². The molecule has 0 saturated heterocycles. The number of carboxylic acid groups (broad SMARTS) is 1. The normalized spacial score (nSPS) is 14.7. The van der Waals surface area contributed by atoms with Gasteiger partial charge in [-0.05, 0) is 92.1 Å². The summed E-state index contributed by atoms with van der Waals surface area (Å²) < 4.78 is 7.58. The number of benzene rings is 2. The third kappa shape index (κ3) is 3.92. The van der Waals surface area contributed by atoms with Crippen molar-refractivity contribution in [1.82, 2.24) is 4.98 Å². The fraction of sp³-hybridized carbons (Fsp3) is 0.286. The number of hydrogen-bond donors (Lipinski definition) is 2. The van der Waals surface area contributed by atoms with Crippen molar-refractivity contribution in [2.75, 3.05) is 0 Å². The fourth-order valence-electron chi connectivity index (χ4n) is 3.86. The van der Waals surface area contributed by atoms with Gasteiger partial charge in [0.2, 0.25) is 0 Å². The van der Waals surface area contributed by atoms with Crippen LogP contribution in [0.1, 0.15) is 42.7 Å². The average molecular weight is 493 g/mol. The Morgan fingerprint density at radius 3 is 2.52 bits per heavy atom. The molecule has 1 aliphatic carbocycles. The van der Waals surface area contributed by atoms with Gasteiger partial charge in [0.05, 0.1) is 15.4 Å². The third-order valence-corrected chi connectivity index (χ3v) is 6.29. The van der Waals surface area contributed by atoms with Gasteiger partial charge in [0.25, 0.3) is 0 Å². The largest absolute Gasteiger partial charge is 0.481 e. The minimum Gasteiger partial charge on any atom is -0.481 e. The van der Waals surface area contributed by atoms with Crippen molar-refractivity contribution in [2.45, 2.75) is 38.0 Å². The van der Waals surface area contributed by atoms with Gasteiger partial charge in [-0.15, -0.1) is 0 Å². The number of hydrogen-bond acceptors (Lipinski definition) is 2. The molecule has 0 aliphatic heterocycles. The summed E-state index contributed by atoms with van der Waals surface area (Å²) >= 11 is 7.00. The number of fused-ring (bicyclic) bond motifs is 1. The van der Waals surface area contributed by atoms with Crippen molar-refractivity contribution in [3.05, 3.63) is 56.6 Å². The Morgan fingerprint density at radius 1 is 1.15 bits per heavy atom. The molecule has 1 heterocycles. The Morgan fingerprint density at radius 2 is 1.85 bits per heavy atom. The van der Waals surface area contributed by atoms with E-state index in [1.807, 2.05) is 12.1 Å². The van der Waals surface area contributed by atoms with Crippen LogP contribution in [0.2, 0.25) is 0 Å². The Hall–Kier alpha value is -1.79. The van der Waals surface area contributed by atoms with E-state index < -0.39 is 5.97 Å². The van der Waals surface area contributed by atoms with Crippen molar-refractivity contribution in [3.63, 3.8) is 0 Å². The molecule has 0 unspecified atom stereocenters. The topological polar surface area (TPSA) is 62.3 Å². The molecule has 1 fully saturated rings. The van der Waals surface area contributed by atoms with Crippen LogP contribution in [0.4, 0.5) is 0 Å². The van der Waals surface area contributed by atoms with Gasteiger partial charge in [-0.3, -0.25) is 4.79 Å². The zero-order chi connectivity index (χ0) is 19.0. The molecular weight excluding hydrogens is 474 g/mol. The summed E-state index contributed by atoms with van der Waals surface area (Å²) in [4.78, 5) is 14.3. The summed E-state index contributed by atoms with van der Waals surface area (Å²) in [5.41, 5.74) is 3.21. The average Bonchev–Trinajstić information content (AvgIpc) is 3.26. The highest BCUT2D eigenvalue weighted by atomic mass is 79.9. The maximum absolute atomic E-state index is 10.9. The van der Waals surface area contributed by atoms with Gasteiger partial charge in [-0.25, -0.2) is 0 Å². The molecule has 0 amide bonds. The zero-order valence-electron chi connectivity index (χ0n) is 14.6. The highest BCUT2D eigenvalue weighted by molar-refractivity contribution is 9.11. The van der Waals surface area contributed by atoms with Crippen LogP contribution in [0.25, 0.3) is 10.9 Å². The van der Waals surface area contributed by atoms with Gasteiger partial charge in [-0.2, -0.15) is 0 Å². The summed E-state index contributed by atoms with van der Waals surface area (Å²) in [6.07, 6.45) is 7.21. The van der Waals surface area contributed by atoms with Crippen LogP contribution in [0.3, 0.4) is 0 Å². The lowest BCUT2D eigenvalue weighted by Crippen LogP contribution is -2.00. The molecule has 0 bridgehead atoms. The van der Waals surface area contributed by atoms with Crippen molar-refractivity contribution in [3.8, 4) is 11.5 Å². The first-order valence-corrected chi connectivity index (χ1v) is 10.6. The van der Waals surface area contributed by atoms with Gasteiger partial charge in [0.1, 0.15) is 5.75 Å². The Bertz CT molecular complexity index is 983. The van der Waals surface area contributed by atoms with Crippen LogP contribution in [0, 0.1) is 0 Å². The smallest absolute Gasteiger partial charge is 0.307 e. The van der Waals surface area contributed by atoms with Crippen molar-refractivity contribution in [2.24, 2.45) is 0 Å². The monoisotopic (exact) mass is 491 g/mol. The molecule has 1 saturated carbocycles. The lowest BCUT2D eigenvalue weighted by Gasteiger charge is -2.13. The standard InChI is InChI=1S/C21H19Br2NO3/c22-17-7-12(9-20(25)26)8-18(23)21(17)27-14-5-6-19-15(10-14)16(11-24-19)13-3-1-2-4-13/h5-8,10-11,13,24H,1-4,9H2,(H,25,26). The Balaban J connectivity index is 1.65. The minimum atomic E-state index is -0.861. The number of aromatic nitrogens is 1. The number of H-pyrrole nitrogens is 1. The number of carboxylic acids is 1. The molecule has 3 aromatic rings. The molecule has 2 aromatic carbocycles. The molecule has 6 heteroatoms. The number of nitrogens with one attached hydrogen (secondary N) is 1. The Labute approximate surface area is 174 Å². The van der Waals surface area contributed by atoms with E-state index in [9.17, 15) is 4.79 Å². The molecular formula is C21H19Br2NO3. The summed E-state index contributed by atoms with van der Waals surface area (Å²) in [5.74, 6) is 1.16. The zero-order valence-corrected chi connectivity index (χ0v) is 17.8. The van der Waals surface area contributed by atoms with Crippen LogP contribution >= 0.6 is 31.9 Å². The minimum absolute atomic E-state index is 0.0302. The molecule has 1 aromatic heterocycles. The second-order valence-corrected chi connectivity index (χ2v) is 8.70. The van der Waals surface area contributed by atoms with E-state index in [0.29, 0.717) is 17.2 Å². The summed E-state index contributed by atoms with van der Waals surface area (Å²) in [6, 6.07) is 9.65. The maximum Gasteiger partial charge on any atom is 0.307 e. The number of ether oxygens (including phenoxy) is 1. The fourth-order valence-corrected chi connectivity index (χ4v) is 5.31.